The Kier molecular flexibility index (Phi) is 10.7. The monoisotopic (exact) mass is 584 g/mol. The second-order valence-electron chi connectivity index (χ2n) is 10.5. The van der Waals surface area contributed by atoms with E-state index in [1.807, 2.05) is 23.6 Å². The standard InChI is InChI=1S/C30H35F3N6OS/c1-4-5-14-37-28(41)39(19-23-8-6-7-9-25(23)30(31,32)33)27(35)29(2,3)26(40)15-24-17-36-20-38(24)18-22-12-10-21(16-34)11-13-22/h6-13,17,20,27H,4-5,14-15,18-19,35H2,1-3H3,(H,37,41). The lowest BCUT2D eigenvalue weighted by molar-refractivity contribution is -0.138. The number of nitrogens with one attached hydrogen (secondary N) is 1. The second kappa shape index (κ2) is 13.7. The van der Waals surface area contributed by atoms with Gasteiger partial charge in [0.2, 0.25) is 0 Å². The number of carbonyl (C=O) groups is 1. The first kappa shape index (κ1) is 31.8. The number of benzene rings is 2. The van der Waals surface area contributed by atoms with Gasteiger partial charge in [0.15, 0.2) is 5.11 Å². The topological polar surface area (TPSA) is 100.0 Å². The zero-order valence-electron chi connectivity index (χ0n) is 23.4. The van der Waals surface area contributed by atoms with Crippen molar-refractivity contribution in [2.24, 2.45) is 11.1 Å². The predicted molar refractivity (Wildman–Crippen MR) is 155 cm³/mol. The van der Waals surface area contributed by atoms with Crippen molar-refractivity contribution in [1.29, 1.82) is 5.26 Å². The average Bonchev–Trinajstić information content (AvgIpc) is 3.37. The van der Waals surface area contributed by atoms with Crippen LogP contribution in [0, 0.1) is 16.7 Å². The summed E-state index contributed by atoms with van der Waals surface area (Å²) < 4.78 is 43.2. The fraction of sp³-hybridized carbons (Fsp3) is 0.400. The quantitative estimate of drug-likeness (QED) is 0.167. The van der Waals surface area contributed by atoms with Gasteiger partial charge in [0.05, 0.1) is 35.1 Å². The summed E-state index contributed by atoms with van der Waals surface area (Å²) in [7, 11) is 0. The number of hydrogen-bond acceptors (Lipinski definition) is 5. The minimum atomic E-state index is -4.55. The zero-order chi connectivity index (χ0) is 30.2. The van der Waals surface area contributed by atoms with E-state index in [9.17, 15) is 18.0 Å². The maximum Gasteiger partial charge on any atom is 0.416 e. The normalized spacial score (nSPS) is 12.4. The van der Waals surface area contributed by atoms with Gasteiger partial charge in [-0.1, -0.05) is 43.7 Å². The number of nitrogens with two attached hydrogens (primary N) is 1. The summed E-state index contributed by atoms with van der Waals surface area (Å²) in [6.45, 7) is 6.13. The SMILES string of the molecule is CCCCNC(=S)N(Cc1ccccc1C(F)(F)F)C(N)C(C)(C)C(=O)Cc1cncn1Cc1ccc(C#N)cc1. The van der Waals surface area contributed by atoms with Crippen LogP contribution in [0.15, 0.2) is 61.1 Å². The molecular formula is C30H35F3N6OS. The van der Waals surface area contributed by atoms with Crippen molar-refractivity contribution < 1.29 is 18.0 Å². The van der Waals surface area contributed by atoms with Crippen LogP contribution < -0.4 is 11.1 Å². The summed E-state index contributed by atoms with van der Waals surface area (Å²) in [4.78, 5) is 19.4. The van der Waals surface area contributed by atoms with Crippen molar-refractivity contribution >= 4 is 23.1 Å². The Balaban J connectivity index is 1.84. The molecule has 1 aromatic heterocycles. The molecule has 1 heterocycles. The third kappa shape index (κ3) is 8.15. The maximum absolute atomic E-state index is 13.8. The summed E-state index contributed by atoms with van der Waals surface area (Å²) >= 11 is 5.59. The van der Waals surface area contributed by atoms with Gasteiger partial charge in [-0.05, 0) is 61.8 Å². The molecule has 0 bridgehead atoms. The molecule has 218 valence electrons. The molecule has 0 saturated heterocycles. The van der Waals surface area contributed by atoms with Crippen LogP contribution >= 0.6 is 12.2 Å². The first-order chi connectivity index (χ1) is 19.4. The van der Waals surface area contributed by atoms with Crippen molar-refractivity contribution in [1.82, 2.24) is 19.8 Å². The average molecular weight is 585 g/mol. The molecule has 41 heavy (non-hydrogen) atoms. The molecule has 0 aliphatic carbocycles. The van der Waals surface area contributed by atoms with E-state index in [1.54, 1.807) is 38.5 Å². The smallest absolute Gasteiger partial charge is 0.363 e. The number of carbonyl (C=O) groups excluding carboxylic acids is 1. The number of Topliss-reactive ketones (excluding diaryl/α,β-unsaturated/α-hetero) is 1. The van der Waals surface area contributed by atoms with Gasteiger partial charge < -0.3 is 20.5 Å². The minimum Gasteiger partial charge on any atom is -0.363 e. The van der Waals surface area contributed by atoms with Gasteiger partial charge in [0.1, 0.15) is 5.78 Å². The van der Waals surface area contributed by atoms with Gasteiger partial charge in [0.25, 0.3) is 0 Å². The first-order valence-electron chi connectivity index (χ1n) is 13.3. The molecule has 2 aromatic carbocycles. The number of halogens is 3. The molecule has 0 amide bonds. The van der Waals surface area contributed by atoms with Crippen molar-refractivity contribution in [3.05, 3.63) is 89.0 Å². The molecular weight excluding hydrogens is 549 g/mol. The number of aromatic nitrogens is 2. The lowest BCUT2D eigenvalue weighted by Gasteiger charge is -2.40. The third-order valence-corrected chi connectivity index (χ3v) is 7.48. The number of imidazole rings is 1. The molecule has 3 aromatic rings. The van der Waals surface area contributed by atoms with Crippen LogP contribution in [-0.4, -0.2) is 38.1 Å². The number of ketones is 1. The highest BCUT2D eigenvalue weighted by molar-refractivity contribution is 7.80. The highest BCUT2D eigenvalue weighted by Crippen LogP contribution is 2.34. The van der Waals surface area contributed by atoms with E-state index in [0.717, 1.165) is 24.5 Å². The molecule has 0 radical (unpaired) electrons. The molecule has 1 unspecified atom stereocenters. The van der Waals surface area contributed by atoms with Crippen molar-refractivity contribution in [2.75, 3.05) is 6.54 Å². The number of hydrogen-bond donors (Lipinski definition) is 2. The predicted octanol–water partition coefficient (Wildman–Crippen LogP) is 5.42. The maximum atomic E-state index is 13.8. The second-order valence-corrected chi connectivity index (χ2v) is 10.8. The number of alkyl halides is 3. The van der Waals surface area contributed by atoms with Crippen LogP contribution in [0.2, 0.25) is 0 Å². The van der Waals surface area contributed by atoms with Crippen LogP contribution in [0.3, 0.4) is 0 Å². The highest BCUT2D eigenvalue weighted by atomic mass is 32.1. The minimum absolute atomic E-state index is 0.0128. The molecule has 7 nitrogen and oxygen atoms in total. The van der Waals surface area contributed by atoms with Gasteiger partial charge in [-0.15, -0.1) is 0 Å². The van der Waals surface area contributed by atoms with Crippen molar-refractivity contribution in [3.8, 4) is 6.07 Å². The number of nitrogens with zero attached hydrogens (tertiary/aromatic N) is 4. The Morgan fingerprint density at radius 3 is 2.51 bits per heavy atom. The van der Waals surface area contributed by atoms with Gasteiger partial charge in [0, 0.05) is 37.9 Å². The molecule has 0 aliphatic rings. The van der Waals surface area contributed by atoms with E-state index < -0.39 is 23.3 Å². The fourth-order valence-corrected chi connectivity index (χ4v) is 4.63. The number of rotatable bonds is 12. The van der Waals surface area contributed by atoms with E-state index in [4.69, 9.17) is 23.2 Å². The number of nitriles is 1. The van der Waals surface area contributed by atoms with Gasteiger partial charge in [-0.25, -0.2) is 4.98 Å². The summed E-state index contributed by atoms with van der Waals surface area (Å²) in [5.74, 6) is -0.211. The Morgan fingerprint density at radius 1 is 1.20 bits per heavy atom. The summed E-state index contributed by atoms with van der Waals surface area (Å²) in [6, 6.07) is 14.5. The molecule has 11 heteroatoms. The lowest BCUT2D eigenvalue weighted by Crippen LogP contribution is -2.58. The number of thiocarbonyl (C=S) groups is 1. The van der Waals surface area contributed by atoms with E-state index in [2.05, 4.69) is 16.4 Å². The van der Waals surface area contributed by atoms with Crippen molar-refractivity contribution in [3.63, 3.8) is 0 Å². The van der Waals surface area contributed by atoms with E-state index >= 15 is 0 Å². The Labute approximate surface area is 244 Å². The Hall–Kier alpha value is -3.75. The van der Waals surface area contributed by atoms with Gasteiger partial charge >= 0.3 is 6.18 Å². The summed E-state index contributed by atoms with van der Waals surface area (Å²) in [5.41, 5.74) is 6.88. The van der Waals surface area contributed by atoms with E-state index in [0.29, 0.717) is 24.3 Å². The first-order valence-corrected chi connectivity index (χ1v) is 13.8. The summed E-state index contributed by atoms with van der Waals surface area (Å²) in [5, 5.41) is 12.3. The molecule has 3 N–H and O–H groups in total. The molecule has 0 aliphatic heterocycles. The van der Waals surface area contributed by atoms with Gasteiger partial charge in [-0.3, -0.25) is 4.79 Å². The van der Waals surface area contributed by atoms with Crippen LogP contribution in [0.25, 0.3) is 0 Å². The van der Waals surface area contributed by atoms with Gasteiger partial charge in [-0.2, -0.15) is 18.4 Å². The molecule has 0 spiro atoms. The van der Waals surface area contributed by atoms with E-state index in [-0.39, 0.29) is 29.4 Å². The van der Waals surface area contributed by atoms with Crippen LogP contribution in [0.1, 0.15) is 61.6 Å². The Morgan fingerprint density at radius 2 is 1.88 bits per heavy atom. The molecule has 0 fully saturated rings. The van der Waals surface area contributed by atoms with Crippen LogP contribution in [-0.2, 0) is 30.5 Å². The van der Waals surface area contributed by atoms with Crippen LogP contribution in [0.4, 0.5) is 13.2 Å². The molecule has 1 atom stereocenters. The summed E-state index contributed by atoms with van der Waals surface area (Å²) in [6.07, 6.45) is -0.611. The third-order valence-electron chi connectivity index (χ3n) is 7.10. The van der Waals surface area contributed by atoms with Crippen molar-refractivity contribution in [2.45, 2.75) is 65.5 Å². The molecule has 3 rings (SSSR count). The van der Waals surface area contributed by atoms with E-state index in [1.165, 1.54) is 23.1 Å². The highest BCUT2D eigenvalue weighted by Gasteiger charge is 2.40. The lowest BCUT2D eigenvalue weighted by atomic mass is 9.82. The largest absolute Gasteiger partial charge is 0.416 e. The Bertz CT molecular complexity index is 1380. The fourth-order valence-electron chi connectivity index (χ4n) is 4.35. The van der Waals surface area contributed by atoms with Crippen LogP contribution in [0.5, 0.6) is 0 Å². The zero-order valence-corrected chi connectivity index (χ0v) is 24.2. The molecule has 0 saturated carbocycles. The number of unbranched alkanes of at least 4 members (excludes halogenated alkanes) is 1.